The van der Waals surface area contributed by atoms with Gasteiger partial charge in [-0.3, -0.25) is 9.59 Å². The van der Waals surface area contributed by atoms with Gasteiger partial charge in [-0.2, -0.15) is 0 Å². The maximum atomic E-state index is 12.5. The summed E-state index contributed by atoms with van der Waals surface area (Å²) in [6.45, 7) is 1.94. The quantitative estimate of drug-likeness (QED) is 0.834. The summed E-state index contributed by atoms with van der Waals surface area (Å²) in [4.78, 5) is 39.3. The fourth-order valence-corrected chi connectivity index (χ4v) is 3.15. The van der Waals surface area contributed by atoms with Crippen molar-refractivity contribution in [1.29, 1.82) is 0 Å². The van der Waals surface area contributed by atoms with Gasteiger partial charge in [0.15, 0.2) is 17.2 Å². The molecular formula is C18H15NO7. The van der Waals surface area contributed by atoms with Gasteiger partial charge in [0.05, 0.1) is 18.6 Å². The molecule has 0 aliphatic carbocycles. The van der Waals surface area contributed by atoms with E-state index in [0.717, 1.165) is 0 Å². The first-order valence-electron chi connectivity index (χ1n) is 8.11. The average molecular weight is 357 g/mol. The molecule has 3 heterocycles. The summed E-state index contributed by atoms with van der Waals surface area (Å²) in [7, 11) is 0. The minimum atomic E-state index is -0.667. The van der Waals surface area contributed by atoms with Crippen molar-refractivity contribution in [2.75, 3.05) is 13.4 Å². The molecule has 2 aliphatic rings. The fourth-order valence-electron chi connectivity index (χ4n) is 3.15. The number of carbonyl (C=O) groups excluding carboxylic acids is 2. The van der Waals surface area contributed by atoms with E-state index in [1.54, 1.807) is 25.1 Å². The predicted octanol–water partition coefficient (Wildman–Crippen LogP) is 1.72. The molecule has 0 saturated heterocycles. The van der Waals surface area contributed by atoms with Crippen LogP contribution in [0.5, 0.6) is 17.2 Å². The van der Waals surface area contributed by atoms with Gasteiger partial charge in [-0.1, -0.05) is 6.07 Å². The molecule has 1 atom stereocenters. The number of H-pyrrole nitrogens is 1. The third-order valence-electron chi connectivity index (χ3n) is 4.31. The monoisotopic (exact) mass is 357 g/mol. The van der Waals surface area contributed by atoms with Gasteiger partial charge in [-0.05, 0) is 24.6 Å². The van der Waals surface area contributed by atoms with Crippen LogP contribution in [0.2, 0.25) is 0 Å². The Kier molecular flexibility index (Phi) is 3.87. The molecule has 1 N–H and O–H groups in total. The van der Waals surface area contributed by atoms with E-state index >= 15 is 0 Å². The highest BCUT2D eigenvalue weighted by atomic mass is 16.7. The Hall–Kier alpha value is -3.29. The minimum Gasteiger partial charge on any atom is -0.462 e. The van der Waals surface area contributed by atoms with Crippen molar-refractivity contribution in [3.05, 3.63) is 51.4 Å². The zero-order valence-electron chi connectivity index (χ0n) is 13.9. The highest BCUT2D eigenvalue weighted by Crippen LogP contribution is 2.42. The summed E-state index contributed by atoms with van der Waals surface area (Å²) in [5, 5.41) is 0. The van der Waals surface area contributed by atoms with Crippen LogP contribution in [0.15, 0.2) is 29.2 Å². The van der Waals surface area contributed by atoms with Crippen molar-refractivity contribution in [1.82, 2.24) is 4.98 Å². The number of aromatic amines is 1. The molecule has 8 heteroatoms. The fraction of sp³-hybridized carbons (Fsp3) is 0.278. The van der Waals surface area contributed by atoms with Gasteiger partial charge in [0.1, 0.15) is 5.56 Å². The van der Waals surface area contributed by atoms with E-state index in [-0.39, 0.29) is 36.7 Å². The second-order valence-electron chi connectivity index (χ2n) is 5.84. The number of carbonyl (C=O) groups is 2. The van der Waals surface area contributed by atoms with Crippen molar-refractivity contribution in [3.8, 4) is 17.2 Å². The lowest BCUT2D eigenvalue weighted by atomic mass is 9.86. The predicted molar refractivity (Wildman–Crippen MR) is 87.7 cm³/mol. The smallest absolute Gasteiger partial charge is 0.343 e. The zero-order valence-corrected chi connectivity index (χ0v) is 13.9. The number of esters is 2. The van der Waals surface area contributed by atoms with Crippen LogP contribution in [0, 0.1) is 0 Å². The van der Waals surface area contributed by atoms with Gasteiger partial charge < -0.3 is 23.9 Å². The average Bonchev–Trinajstić information content (AvgIpc) is 3.09. The Morgan fingerprint density at radius 2 is 2.08 bits per heavy atom. The molecule has 0 unspecified atom stereocenters. The number of ether oxygens (including phenoxy) is 4. The molecule has 26 heavy (non-hydrogen) atoms. The van der Waals surface area contributed by atoms with Crippen molar-refractivity contribution < 1.29 is 28.5 Å². The van der Waals surface area contributed by atoms with Crippen LogP contribution in [-0.2, 0) is 9.53 Å². The van der Waals surface area contributed by atoms with Gasteiger partial charge in [-0.25, -0.2) is 4.79 Å². The number of fused-ring (bicyclic) bond motifs is 2. The third kappa shape index (κ3) is 2.59. The molecule has 4 rings (SSSR count). The summed E-state index contributed by atoms with van der Waals surface area (Å²) >= 11 is 0. The molecule has 0 fully saturated rings. The lowest BCUT2D eigenvalue weighted by Crippen LogP contribution is -2.30. The lowest BCUT2D eigenvalue weighted by Gasteiger charge is -2.25. The highest BCUT2D eigenvalue weighted by Gasteiger charge is 2.35. The molecule has 8 nitrogen and oxygen atoms in total. The topological polar surface area (TPSA) is 104 Å². The van der Waals surface area contributed by atoms with E-state index < -0.39 is 23.4 Å². The molecule has 2 aliphatic heterocycles. The van der Waals surface area contributed by atoms with Gasteiger partial charge in [0.25, 0.3) is 5.56 Å². The number of hydrogen-bond acceptors (Lipinski definition) is 7. The van der Waals surface area contributed by atoms with Crippen LogP contribution < -0.4 is 19.8 Å². The molecule has 134 valence electrons. The number of aromatic nitrogens is 1. The Bertz CT molecular complexity index is 962. The zero-order chi connectivity index (χ0) is 18.3. The van der Waals surface area contributed by atoms with Crippen molar-refractivity contribution in [3.63, 3.8) is 0 Å². The van der Waals surface area contributed by atoms with Crippen LogP contribution in [-0.4, -0.2) is 30.3 Å². The van der Waals surface area contributed by atoms with Crippen LogP contribution >= 0.6 is 0 Å². The van der Waals surface area contributed by atoms with Crippen LogP contribution in [0.3, 0.4) is 0 Å². The first kappa shape index (κ1) is 16.2. The molecule has 1 aromatic carbocycles. The maximum absolute atomic E-state index is 12.5. The van der Waals surface area contributed by atoms with Crippen molar-refractivity contribution in [2.24, 2.45) is 0 Å². The number of benzene rings is 1. The minimum absolute atomic E-state index is 0.0141. The van der Waals surface area contributed by atoms with E-state index in [1.807, 2.05) is 0 Å². The Morgan fingerprint density at radius 3 is 2.88 bits per heavy atom. The van der Waals surface area contributed by atoms with Gasteiger partial charge >= 0.3 is 11.9 Å². The standard InChI is InChI=1S/C18H15NO7/c1-2-23-18(22)11-7-19-17(21)15-10(6-14(20)26-16(11)15)9-3-4-12-13(5-9)25-8-24-12/h3-5,7,10H,2,6,8H2,1H3,(H,19,21)/t10-/m1/s1. The van der Waals surface area contributed by atoms with Crippen LogP contribution in [0.1, 0.15) is 40.7 Å². The molecule has 0 saturated carbocycles. The van der Waals surface area contributed by atoms with Gasteiger partial charge in [-0.15, -0.1) is 0 Å². The third-order valence-corrected chi connectivity index (χ3v) is 4.31. The summed E-state index contributed by atoms with van der Waals surface area (Å²) in [5.41, 5.74) is 0.496. The number of nitrogens with one attached hydrogen (secondary N) is 1. The van der Waals surface area contributed by atoms with E-state index in [0.29, 0.717) is 17.1 Å². The van der Waals surface area contributed by atoms with E-state index in [9.17, 15) is 14.4 Å². The molecule has 0 bridgehead atoms. The number of hydrogen-bond donors (Lipinski definition) is 1. The first-order chi connectivity index (χ1) is 12.6. The van der Waals surface area contributed by atoms with Crippen LogP contribution in [0.4, 0.5) is 0 Å². The summed E-state index contributed by atoms with van der Waals surface area (Å²) in [6, 6.07) is 5.21. The molecule has 0 spiro atoms. The Balaban J connectivity index is 1.85. The van der Waals surface area contributed by atoms with E-state index in [4.69, 9.17) is 18.9 Å². The number of rotatable bonds is 3. The maximum Gasteiger partial charge on any atom is 0.343 e. The summed E-state index contributed by atoms with van der Waals surface area (Å²) in [5.74, 6) is -0.678. The number of pyridine rings is 1. The first-order valence-corrected chi connectivity index (χ1v) is 8.11. The molecular weight excluding hydrogens is 342 g/mol. The van der Waals surface area contributed by atoms with Crippen molar-refractivity contribution >= 4 is 11.9 Å². The highest BCUT2D eigenvalue weighted by molar-refractivity contribution is 5.94. The largest absolute Gasteiger partial charge is 0.462 e. The van der Waals surface area contributed by atoms with Crippen molar-refractivity contribution in [2.45, 2.75) is 19.3 Å². The Labute approximate surface area is 147 Å². The molecule has 0 amide bonds. The SMILES string of the molecule is CCOC(=O)c1c[nH]c(=O)c2c1OC(=O)C[C@@H]2c1ccc2c(c1)OCO2. The second-order valence-corrected chi connectivity index (χ2v) is 5.84. The van der Waals surface area contributed by atoms with Gasteiger partial charge in [0, 0.05) is 12.1 Å². The summed E-state index contributed by atoms with van der Waals surface area (Å²) in [6.07, 6.45) is 1.18. The molecule has 1 aromatic heterocycles. The normalized spacial score (nSPS) is 17.4. The van der Waals surface area contributed by atoms with Crippen LogP contribution in [0.25, 0.3) is 0 Å². The van der Waals surface area contributed by atoms with E-state index in [2.05, 4.69) is 4.98 Å². The van der Waals surface area contributed by atoms with Gasteiger partial charge in [0.2, 0.25) is 6.79 Å². The van der Waals surface area contributed by atoms with E-state index in [1.165, 1.54) is 6.20 Å². The second kappa shape index (κ2) is 6.21. The lowest BCUT2D eigenvalue weighted by molar-refractivity contribution is -0.135. The summed E-state index contributed by atoms with van der Waals surface area (Å²) < 4.78 is 20.9. The molecule has 2 aromatic rings. The molecule has 0 radical (unpaired) electrons. The Morgan fingerprint density at radius 1 is 1.27 bits per heavy atom.